The van der Waals surface area contributed by atoms with Crippen LogP contribution in [0.1, 0.15) is 26.2 Å². The minimum atomic E-state index is -3.16. The minimum absolute atomic E-state index is 0.000346. The molecule has 1 aliphatic heterocycles. The maximum absolute atomic E-state index is 12.3. The van der Waals surface area contributed by atoms with Crippen molar-refractivity contribution in [3.05, 3.63) is 36.5 Å². The monoisotopic (exact) mass is 405 g/mol. The van der Waals surface area contributed by atoms with Gasteiger partial charge in [-0.2, -0.15) is 0 Å². The second-order valence-electron chi connectivity index (χ2n) is 6.90. The van der Waals surface area contributed by atoms with E-state index in [9.17, 15) is 13.2 Å². The van der Waals surface area contributed by atoms with Gasteiger partial charge in [-0.05, 0) is 38.3 Å². The van der Waals surface area contributed by atoms with E-state index in [-0.39, 0.29) is 17.6 Å². The molecule has 1 amide bonds. The van der Waals surface area contributed by atoms with Crippen molar-refractivity contribution >= 4 is 26.8 Å². The summed E-state index contributed by atoms with van der Waals surface area (Å²) in [5.74, 6) is 0.733. The predicted octanol–water partition coefficient (Wildman–Crippen LogP) is 2.18. The number of fused-ring (bicyclic) bond motifs is 1. The van der Waals surface area contributed by atoms with Crippen LogP contribution in [0.25, 0.3) is 10.9 Å². The van der Waals surface area contributed by atoms with Gasteiger partial charge in [0.2, 0.25) is 15.9 Å². The molecule has 1 aliphatic rings. The third kappa shape index (κ3) is 4.99. The zero-order valence-corrected chi connectivity index (χ0v) is 17.0. The highest BCUT2D eigenvalue weighted by atomic mass is 32.2. The first kappa shape index (κ1) is 20.5. The van der Waals surface area contributed by atoms with Crippen LogP contribution in [0.3, 0.4) is 0 Å². The molecule has 1 aromatic carbocycles. The summed E-state index contributed by atoms with van der Waals surface area (Å²) >= 11 is 0. The van der Waals surface area contributed by atoms with Crippen LogP contribution >= 0.6 is 0 Å². The van der Waals surface area contributed by atoms with Crippen LogP contribution < -0.4 is 10.1 Å². The number of nitrogens with one attached hydrogen (secondary N) is 1. The summed E-state index contributed by atoms with van der Waals surface area (Å²) in [5, 5.41) is 3.97. The summed E-state index contributed by atoms with van der Waals surface area (Å²) in [6.07, 6.45) is 3.58. The third-order valence-electron chi connectivity index (χ3n) is 5.06. The summed E-state index contributed by atoms with van der Waals surface area (Å²) in [6, 6.07) is 9.71. The fourth-order valence-electron chi connectivity index (χ4n) is 3.38. The maximum atomic E-state index is 12.3. The normalized spacial score (nSPS) is 16.2. The van der Waals surface area contributed by atoms with Gasteiger partial charge in [-0.3, -0.25) is 9.78 Å². The van der Waals surface area contributed by atoms with E-state index in [4.69, 9.17) is 4.74 Å². The number of hydrogen-bond acceptors (Lipinski definition) is 5. The van der Waals surface area contributed by atoms with E-state index in [0.29, 0.717) is 45.5 Å². The van der Waals surface area contributed by atoms with Gasteiger partial charge >= 0.3 is 0 Å². The van der Waals surface area contributed by atoms with Crippen LogP contribution in [0, 0.1) is 5.92 Å². The van der Waals surface area contributed by atoms with E-state index in [0.717, 1.165) is 16.7 Å². The van der Waals surface area contributed by atoms with Gasteiger partial charge < -0.3 is 10.1 Å². The topological polar surface area (TPSA) is 88.6 Å². The quantitative estimate of drug-likeness (QED) is 0.680. The van der Waals surface area contributed by atoms with Gasteiger partial charge in [-0.1, -0.05) is 18.2 Å². The molecule has 0 bridgehead atoms. The van der Waals surface area contributed by atoms with Gasteiger partial charge in [0, 0.05) is 37.1 Å². The lowest BCUT2D eigenvalue weighted by Gasteiger charge is -2.30. The SMILES string of the molecule is CCS(=O)(=O)N1CCC(C(=O)NCCCOc2cccc3cccnc23)CC1. The Labute approximate surface area is 166 Å². The van der Waals surface area contributed by atoms with Gasteiger partial charge in [0.15, 0.2) is 0 Å². The molecule has 1 saturated heterocycles. The first-order valence-corrected chi connectivity index (χ1v) is 11.3. The number of hydrogen-bond donors (Lipinski definition) is 1. The molecule has 3 rings (SSSR count). The number of carbonyl (C=O) groups excluding carboxylic acids is 1. The number of para-hydroxylation sites is 1. The molecule has 0 saturated carbocycles. The van der Waals surface area contributed by atoms with Crippen LogP contribution in [0.4, 0.5) is 0 Å². The van der Waals surface area contributed by atoms with E-state index < -0.39 is 10.0 Å². The largest absolute Gasteiger partial charge is 0.491 e. The van der Waals surface area contributed by atoms with Gasteiger partial charge in [-0.25, -0.2) is 12.7 Å². The molecule has 8 heteroatoms. The van der Waals surface area contributed by atoms with Crippen molar-refractivity contribution in [3.63, 3.8) is 0 Å². The maximum Gasteiger partial charge on any atom is 0.223 e. The van der Waals surface area contributed by atoms with Crippen molar-refractivity contribution in [2.24, 2.45) is 5.92 Å². The first-order chi connectivity index (χ1) is 13.5. The number of carbonyl (C=O) groups is 1. The van der Waals surface area contributed by atoms with Crippen molar-refractivity contribution in [1.29, 1.82) is 0 Å². The highest BCUT2D eigenvalue weighted by molar-refractivity contribution is 7.89. The Hall–Kier alpha value is -2.19. The molecule has 7 nitrogen and oxygen atoms in total. The molecule has 2 heterocycles. The van der Waals surface area contributed by atoms with Crippen LogP contribution in [0.15, 0.2) is 36.5 Å². The van der Waals surface area contributed by atoms with Crippen LogP contribution in [0.2, 0.25) is 0 Å². The second-order valence-corrected chi connectivity index (χ2v) is 9.16. The van der Waals surface area contributed by atoms with Crippen LogP contribution in [-0.2, 0) is 14.8 Å². The first-order valence-electron chi connectivity index (χ1n) is 9.73. The van der Waals surface area contributed by atoms with E-state index in [1.165, 1.54) is 4.31 Å². The summed E-state index contributed by atoms with van der Waals surface area (Å²) in [6.45, 7) is 3.51. The van der Waals surface area contributed by atoms with Gasteiger partial charge in [0.1, 0.15) is 11.3 Å². The van der Waals surface area contributed by atoms with E-state index in [1.54, 1.807) is 13.1 Å². The van der Waals surface area contributed by atoms with Crippen molar-refractivity contribution in [3.8, 4) is 5.75 Å². The van der Waals surface area contributed by atoms with E-state index in [1.807, 2.05) is 30.3 Å². The molecule has 0 spiro atoms. The molecule has 0 unspecified atom stereocenters. The van der Waals surface area contributed by atoms with Crippen LogP contribution in [-0.4, -0.2) is 55.6 Å². The van der Waals surface area contributed by atoms with E-state index >= 15 is 0 Å². The summed E-state index contributed by atoms with van der Waals surface area (Å²) in [4.78, 5) is 16.7. The number of nitrogens with zero attached hydrogens (tertiary/aromatic N) is 2. The predicted molar refractivity (Wildman–Crippen MR) is 109 cm³/mol. The number of pyridine rings is 1. The minimum Gasteiger partial charge on any atom is -0.491 e. The summed E-state index contributed by atoms with van der Waals surface area (Å²) < 4.78 is 31.1. The Morgan fingerprint density at radius 3 is 2.75 bits per heavy atom. The summed E-state index contributed by atoms with van der Waals surface area (Å²) in [7, 11) is -3.16. The lowest BCUT2D eigenvalue weighted by atomic mass is 9.97. The number of amides is 1. The van der Waals surface area contributed by atoms with Crippen molar-refractivity contribution in [2.75, 3.05) is 32.0 Å². The number of benzene rings is 1. The molecule has 0 atom stereocenters. The average molecular weight is 406 g/mol. The molecular weight excluding hydrogens is 378 g/mol. The second kappa shape index (κ2) is 9.34. The number of aromatic nitrogens is 1. The molecule has 152 valence electrons. The molecule has 2 aromatic rings. The standard InChI is InChI=1S/C20H27N3O4S/c1-2-28(25,26)23-13-9-17(10-14-23)20(24)22-12-5-15-27-18-8-3-6-16-7-4-11-21-19(16)18/h3-4,6-8,11,17H,2,5,9-10,12-15H2,1H3,(H,22,24). The summed E-state index contributed by atoms with van der Waals surface area (Å²) in [5.41, 5.74) is 0.836. The number of sulfonamides is 1. The molecule has 1 aromatic heterocycles. The van der Waals surface area contributed by atoms with Crippen molar-refractivity contribution in [1.82, 2.24) is 14.6 Å². The molecule has 0 radical (unpaired) electrons. The molecule has 1 N–H and O–H groups in total. The number of rotatable bonds is 8. The Morgan fingerprint density at radius 2 is 2.00 bits per heavy atom. The van der Waals surface area contributed by atoms with Crippen molar-refractivity contribution in [2.45, 2.75) is 26.2 Å². The van der Waals surface area contributed by atoms with Gasteiger partial charge in [-0.15, -0.1) is 0 Å². The zero-order chi connectivity index (χ0) is 20.0. The van der Waals surface area contributed by atoms with E-state index in [2.05, 4.69) is 10.3 Å². The fraction of sp³-hybridized carbons (Fsp3) is 0.500. The lowest BCUT2D eigenvalue weighted by molar-refractivity contribution is -0.126. The smallest absolute Gasteiger partial charge is 0.223 e. The fourth-order valence-corrected chi connectivity index (χ4v) is 4.51. The van der Waals surface area contributed by atoms with Gasteiger partial charge in [0.05, 0.1) is 12.4 Å². The lowest BCUT2D eigenvalue weighted by Crippen LogP contribution is -2.43. The van der Waals surface area contributed by atoms with Gasteiger partial charge in [0.25, 0.3) is 0 Å². The average Bonchev–Trinajstić information content (AvgIpc) is 2.73. The van der Waals surface area contributed by atoms with Crippen LogP contribution in [0.5, 0.6) is 5.75 Å². The number of ether oxygens (including phenoxy) is 1. The Balaban J connectivity index is 1.38. The molecule has 1 fully saturated rings. The highest BCUT2D eigenvalue weighted by Gasteiger charge is 2.29. The Bertz CT molecular complexity index is 903. The third-order valence-corrected chi connectivity index (χ3v) is 6.94. The highest BCUT2D eigenvalue weighted by Crippen LogP contribution is 2.23. The molecule has 28 heavy (non-hydrogen) atoms. The van der Waals surface area contributed by atoms with Crippen molar-refractivity contribution < 1.29 is 17.9 Å². The Kier molecular flexibility index (Phi) is 6.85. The molecular formula is C20H27N3O4S. The zero-order valence-electron chi connectivity index (χ0n) is 16.1. The Morgan fingerprint density at radius 1 is 1.25 bits per heavy atom. The molecule has 0 aliphatic carbocycles. The number of piperidine rings is 1.